The first-order valence-electron chi connectivity index (χ1n) is 16.7. The number of ether oxygens (including phenoxy) is 2. The van der Waals surface area contributed by atoms with Gasteiger partial charge in [0.25, 0.3) is 0 Å². The quantitative estimate of drug-likeness (QED) is 0.262. The Morgan fingerprint density at radius 3 is 2.23 bits per heavy atom. The van der Waals surface area contributed by atoms with Crippen LogP contribution in [0.2, 0.25) is 0 Å². The van der Waals surface area contributed by atoms with Crippen molar-refractivity contribution in [3.05, 3.63) is 47.5 Å². The summed E-state index contributed by atoms with van der Waals surface area (Å²) in [6, 6.07) is 9.12. The van der Waals surface area contributed by atoms with Crippen LogP contribution in [0.3, 0.4) is 0 Å². The van der Waals surface area contributed by atoms with Crippen LogP contribution in [-0.2, 0) is 19.1 Å². The molecule has 5 aliphatic carbocycles. The van der Waals surface area contributed by atoms with Crippen LogP contribution in [0.4, 0.5) is 0 Å². The number of methoxy groups -OCH3 is 1. The number of carbonyl (C=O) groups is 3. The average Bonchev–Trinajstić information content (AvgIpc) is 2.95. The molecule has 1 aromatic carbocycles. The third kappa shape index (κ3) is 4.11. The molecule has 0 saturated heterocycles. The highest BCUT2D eigenvalue weighted by Gasteiger charge is 2.71. The first-order chi connectivity index (χ1) is 20.1. The molecule has 0 bridgehead atoms. The van der Waals surface area contributed by atoms with E-state index in [4.69, 9.17) is 9.47 Å². The van der Waals surface area contributed by atoms with Crippen LogP contribution >= 0.6 is 0 Å². The van der Waals surface area contributed by atoms with Crippen LogP contribution in [0.1, 0.15) is 117 Å². The Bertz CT molecular complexity index is 1360. The molecule has 234 valence electrons. The smallest absolute Gasteiger partial charge is 0.338 e. The highest BCUT2D eigenvalue weighted by atomic mass is 16.6. The van der Waals surface area contributed by atoms with Crippen LogP contribution in [0.15, 0.2) is 42.0 Å². The van der Waals surface area contributed by atoms with E-state index < -0.39 is 11.5 Å². The summed E-state index contributed by atoms with van der Waals surface area (Å²) in [7, 11) is 1.48. The van der Waals surface area contributed by atoms with E-state index in [0.717, 1.165) is 38.5 Å². The second-order valence-corrected chi connectivity index (χ2v) is 16.9. The van der Waals surface area contributed by atoms with Crippen LogP contribution in [0.25, 0.3) is 0 Å². The number of allylic oxidation sites excluding steroid dienone is 2. The summed E-state index contributed by atoms with van der Waals surface area (Å²) in [4.78, 5) is 40.6. The molecule has 0 aliphatic heterocycles. The number of esters is 2. The van der Waals surface area contributed by atoms with Crippen LogP contribution in [0.5, 0.6) is 0 Å². The van der Waals surface area contributed by atoms with Gasteiger partial charge in [0.2, 0.25) is 0 Å². The lowest BCUT2D eigenvalue weighted by Gasteiger charge is -2.70. The summed E-state index contributed by atoms with van der Waals surface area (Å²) in [6.07, 6.45) is 9.73. The number of benzene rings is 1. The van der Waals surface area contributed by atoms with Gasteiger partial charge in [-0.25, -0.2) is 4.79 Å². The standard InChI is InChI=1S/C38H52O5/c1-33(2)22-26-25-14-15-28-35(5)18-17-29(39)34(3,4)27(35)16-19-37(28,7)36(25,6)20-21-38(26,32(41)42-8)30(23-33)43-31(40)24-12-10-9-11-13-24/h9-14,26-28,30H,15-23H2,1-8H3/t26-,27-,28+,30+,35-,36+,37+,38-/m0/s1. The van der Waals surface area contributed by atoms with Gasteiger partial charge in [0.1, 0.15) is 17.3 Å². The lowest BCUT2D eigenvalue weighted by atomic mass is 9.33. The van der Waals surface area contributed by atoms with Crippen LogP contribution in [0, 0.1) is 50.2 Å². The molecular weight excluding hydrogens is 536 g/mol. The van der Waals surface area contributed by atoms with Gasteiger partial charge >= 0.3 is 11.9 Å². The zero-order valence-electron chi connectivity index (χ0n) is 27.7. The van der Waals surface area contributed by atoms with Crippen molar-refractivity contribution >= 4 is 17.7 Å². The maximum Gasteiger partial charge on any atom is 0.338 e. The zero-order chi connectivity index (χ0) is 31.2. The topological polar surface area (TPSA) is 69.7 Å². The van der Waals surface area contributed by atoms with E-state index in [-0.39, 0.29) is 44.9 Å². The molecule has 4 saturated carbocycles. The van der Waals surface area contributed by atoms with E-state index >= 15 is 0 Å². The summed E-state index contributed by atoms with van der Waals surface area (Å²) >= 11 is 0. The Morgan fingerprint density at radius 1 is 0.860 bits per heavy atom. The van der Waals surface area contributed by atoms with Gasteiger partial charge in [-0.1, -0.05) is 78.3 Å². The molecule has 0 spiro atoms. The summed E-state index contributed by atoms with van der Waals surface area (Å²) in [5.41, 5.74) is 0.680. The number of carbonyl (C=O) groups excluding carboxylic acids is 3. The minimum Gasteiger partial charge on any atom is -0.468 e. The van der Waals surface area contributed by atoms with Crippen molar-refractivity contribution in [1.82, 2.24) is 0 Å². The lowest BCUT2D eigenvalue weighted by molar-refractivity contribution is -0.202. The Morgan fingerprint density at radius 2 is 1.56 bits per heavy atom. The first kappa shape index (κ1) is 30.6. The average molecular weight is 589 g/mol. The SMILES string of the molecule is COC(=O)[C@@]12CC[C@]3(C)C(=CC[C@@H]4[C@@]5(C)CCC(=O)C(C)(C)[C@@H]5CC[C@]43C)[C@@H]1CC(C)(C)C[C@H]2OC(=O)c1ccccc1. The normalized spacial score (nSPS) is 42.7. The second kappa shape index (κ2) is 9.78. The van der Waals surface area contributed by atoms with Crippen molar-refractivity contribution in [2.75, 3.05) is 7.11 Å². The largest absolute Gasteiger partial charge is 0.468 e. The molecule has 6 rings (SSSR count). The van der Waals surface area contributed by atoms with Crippen molar-refractivity contribution in [3.8, 4) is 0 Å². The summed E-state index contributed by atoms with van der Waals surface area (Å²) < 4.78 is 12.0. The Hall–Kier alpha value is -2.43. The molecule has 5 heteroatoms. The number of rotatable bonds is 3. The number of Topliss-reactive ketones (excluding diaryl/α,β-unsaturated/α-hetero) is 1. The molecule has 0 heterocycles. The number of ketones is 1. The van der Waals surface area contributed by atoms with E-state index in [9.17, 15) is 14.4 Å². The molecule has 43 heavy (non-hydrogen) atoms. The third-order valence-corrected chi connectivity index (χ3v) is 14.2. The van der Waals surface area contributed by atoms with Crippen molar-refractivity contribution in [2.45, 2.75) is 112 Å². The van der Waals surface area contributed by atoms with Crippen molar-refractivity contribution in [3.63, 3.8) is 0 Å². The van der Waals surface area contributed by atoms with Crippen LogP contribution < -0.4 is 0 Å². The number of hydrogen-bond donors (Lipinski definition) is 0. The molecule has 4 fully saturated rings. The third-order valence-electron chi connectivity index (χ3n) is 14.2. The maximum absolute atomic E-state index is 14.1. The second-order valence-electron chi connectivity index (χ2n) is 16.9. The van der Waals surface area contributed by atoms with E-state index in [1.165, 1.54) is 12.7 Å². The molecule has 1 aromatic rings. The molecule has 5 nitrogen and oxygen atoms in total. The predicted octanol–water partition coefficient (Wildman–Crippen LogP) is 8.37. The summed E-state index contributed by atoms with van der Waals surface area (Å²) in [6.45, 7) is 16.4. The molecule has 0 unspecified atom stereocenters. The molecule has 0 radical (unpaired) electrons. The van der Waals surface area contributed by atoms with Crippen molar-refractivity contribution < 1.29 is 23.9 Å². The Kier molecular flexibility index (Phi) is 6.96. The first-order valence-corrected chi connectivity index (χ1v) is 16.7. The van der Waals surface area contributed by atoms with Gasteiger partial charge < -0.3 is 9.47 Å². The minimum atomic E-state index is -0.899. The highest BCUT2D eigenvalue weighted by Crippen LogP contribution is 2.75. The van der Waals surface area contributed by atoms with Gasteiger partial charge in [-0.05, 0) is 97.0 Å². The van der Waals surface area contributed by atoms with E-state index in [1.807, 2.05) is 18.2 Å². The fourth-order valence-corrected chi connectivity index (χ4v) is 11.7. The minimum absolute atomic E-state index is 0.0521. The molecule has 8 atom stereocenters. The predicted molar refractivity (Wildman–Crippen MR) is 167 cm³/mol. The monoisotopic (exact) mass is 588 g/mol. The van der Waals surface area contributed by atoms with Gasteiger partial charge in [-0.15, -0.1) is 0 Å². The molecule has 5 aliphatic rings. The molecular formula is C38H52O5. The number of fused-ring (bicyclic) bond motifs is 7. The summed E-state index contributed by atoms with van der Waals surface area (Å²) in [5.74, 6) is 0.641. The number of hydrogen-bond acceptors (Lipinski definition) is 5. The van der Waals surface area contributed by atoms with Gasteiger partial charge in [0.05, 0.1) is 12.7 Å². The highest BCUT2D eigenvalue weighted by molar-refractivity contribution is 5.90. The molecule has 0 aromatic heterocycles. The fraction of sp³-hybridized carbons (Fsp3) is 0.711. The van der Waals surface area contributed by atoms with Gasteiger partial charge in [-0.3, -0.25) is 9.59 Å². The molecule has 0 N–H and O–H groups in total. The van der Waals surface area contributed by atoms with E-state index in [0.29, 0.717) is 42.4 Å². The lowest BCUT2D eigenvalue weighted by Crippen LogP contribution is -2.66. The Labute approximate surface area is 258 Å². The van der Waals surface area contributed by atoms with Gasteiger partial charge in [0.15, 0.2) is 0 Å². The van der Waals surface area contributed by atoms with E-state index in [1.54, 1.807) is 12.1 Å². The molecule has 0 amide bonds. The van der Waals surface area contributed by atoms with Crippen molar-refractivity contribution in [2.24, 2.45) is 50.2 Å². The van der Waals surface area contributed by atoms with Crippen molar-refractivity contribution in [1.29, 1.82) is 0 Å². The Balaban J connectivity index is 1.43. The van der Waals surface area contributed by atoms with Crippen LogP contribution in [-0.4, -0.2) is 30.9 Å². The fourth-order valence-electron chi connectivity index (χ4n) is 11.7. The zero-order valence-corrected chi connectivity index (χ0v) is 27.7. The van der Waals surface area contributed by atoms with Gasteiger partial charge in [-0.2, -0.15) is 0 Å². The maximum atomic E-state index is 14.1. The summed E-state index contributed by atoms with van der Waals surface area (Å²) in [5, 5.41) is 0. The van der Waals surface area contributed by atoms with Gasteiger partial charge in [0, 0.05) is 17.8 Å². The van der Waals surface area contributed by atoms with E-state index in [2.05, 4.69) is 54.5 Å².